The van der Waals surface area contributed by atoms with Crippen molar-refractivity contribution in [2.24, 2.45) is 0 Å². The van der Waals surface area contributed by atoms with E-state index in [4.69, 9.17) is 19.0 Å². The van der Waals surface area contributed by atoms with Crippen molar-refractivity contribution in [3.63, 3.8) is 0 Å². The van der Waals surface area contributed by atoms with Crippen LogP contribution < -0.4 is 0 Å². The molecule has 4 heterocycles. The highest BCUT2D eigenvalue weighted by atomic mass is 32.1. The Balaban J connectivity index is 1.70. The van der Waals surface area contributed by atoms with Gasteiger partial charge in [0.25, 0.3) is 0 Å². The second kappa shape index (κ2) is 5.33. The smallest absolute Gasteiger partial charge is 0.163 e. The van der Waals surface area contributed by atoms with Crippen molar-refractivity contribution in [3.05, 3.63) is 35.8 Å². The molecule has 0 atom stereocenters. The van der Waals surface area contributed by atoms with Crippen molar-refractivity contribution in [2.45, 2.75) is 13.2 Å². The molecule has 0 aliphatic rings. The van der Waals surface area contributed by atoms with Crippen molar-refractivity contribution >= 4 is 32.3 Å². The van der Waals surface area contributed by atoms with Crippen LogP contribution in [-0.2, 0) is 13.2 Å². The zero-order valence-corrected chi connectivity index (χ0v) is 12.8. The summed E-state index contributed by atoms with van der Waals surface area (Å²) in [7, 11) is 0. The van der Waals surface area contributed by atoms with Crippen LogP contribution in [0.25, 0.3) is 31.2 Å². The van der Waals surface area contributed by atoms with Gasteiger partial charge in [-0.1, -0.05) is 22.7 Å². The van der Waals surface area contributed by atoms with Gasteiger partial charge < -0.3 is 19.0 Å². The predicted molar refractivity (Wildman–Crippen MR) is 82.5 cm³/mol. The zero-order chi connectivity index (χ0) is 15.1. The summed E-state index contributed by atoms with van der Waals surface area (Å²) in [5, 5.41) is 19.5. The quantitative estimate of drug-likeness (QED) is 0.595. The zero-order valence-electron chi connectivity index (χ0n) is 11.1. The largest absolute Gasteiger partial charge is 0.456 e. The van der Waals surface area contributed by atoms with E-state index in [1.165, 1.54) is 22.7 Å². The Hall–Kier alpha value is -2.00. The van der Waals surface area contributed by atoms with Gasteiger partial charge in [-0.25, -0.2) is 9.97 Å². The molecule has 0 unspecified atom stereocenters. The topological polar surface area (TPSA) is 92.5 Å². The SMILES string of the molecule is OCc1ccc(-c2nc3sc(-c4ccc(CO)o4)nc3s2)o1. The fourth-order valence-electron chi connectivity index (χ4n) is 2.01. The van der Waals surface area contributed by atoms with Gasteiger partial charge in [0.2, 0.25) is 0 Å². The average Bonchev–Trinajstić information content (AvgIpc) is 3.27. The van der Waals surface area contributed by atoms with E-state index in [0.717, 1.165) is 19.7 Å². The van der Waals surface area contributed by atoms with E-state index >= 15 is 0 Å². The second-order valence-electron chi connectivity index (χ2n) is 4.50. The monoisotopic (exact) mass is 334 g/mol. The highest BCUT2D eigenvalue weighted by molar-refractivity contribution is 7.29. The van der Waals surface area contributed by atoms with Gasteiger partial charge in [-0.05, 0) is 24.3 Å². The lowest BCUT2D eigenvalue weighted by molar-refractivity contribution is 0.248. The molecule has 0 saturated heterocycles. The second-order valence-corrected chi connectivity index (χ2v) is 6.45. The first kappa shape index (κ1) is 13.6. The van der Waals surface area contributed by atoms with Crippen LogP contribution in [0.1, 0.15) is 11.5 Å². The third kappa shape index (κ3) is 2.26. The normalized spacial score (nSPS) is 11.5. The molecule has 0 aromatic carbocycles. The Labute approximate surface area is 132 Å². The summed E-state index contributed by atoms with van der Waals surface area (Å²) in [6.45, 7) is -0.262. The minimum absolute atomic E-state index is 0.131. The van der Waals surface area contributed by atoms with E-state index in [2.05, 4.69) is 9.97 Å². The molecule has 0 aliphatic carbocycles. The molecule has 0 spiro atoms. The van der Waals surface area contributed by atoms with Crippen molar-refractivity contribution < 1.29 is 19.0 Å². The lowest BCUT2D eigenvalue weighted by Gasteiger charge is -1.90. The molecule has 2 N–H and O–H groups in total. The van der Waals surface area contributed by atoms with Gasteiger partial charge in [-0.15, -0.1) is 0 Å². The number of aromatic nitrogens is 2. The fourth-order valence-corrected chi connectivity index (χ4v) is 3.97. The molecule has 112 valence electrons. The molecule has 0 fully saturated rings. The van der Waals surface area contributed by atoms with Crippen LogP contribution in [0.5, 0.6) is 0 Å². The number of fused-ring (bicyclic) bond motifs is 1. The molecule has 0 aliphatic heterocycles. The third-order valence-electron chi connectivity index (χ3n) is 3.03. The molecule has 4 aromatic rings. The Morgan fingerprint density at radius 2 is 1.23 bits per heavy atom. The van der Waals surface area contributed by atoms with E-state index in [-0.39, 0.29) is 13.2 Å². The number of rotatable bonds is 4. The maximum Gasteiger partial charge on any atom is 0.163 e. The van der Waals surface area contributed by atoms with Gasteiger partial charge in [0.05, 0.1) is 0 Å². The molecule has 0 radical (unpaired) electrons. The van der Waals surface area contributed by atoms with Gasteiger partial charge >= 0.3 is 0 Å². The Bertz CT molecular complexity index is 831. The summed E-state index contributed by atoms with van der Waals surface area (Å²) < 4.78 is 11.0. The van der Waals surface area contributed by atoms with Crippen molar-refractivity contribution in [2.75, 3.05) is 0 Å². The Kier molecular flexibility index (Phi) is 3.30. The Morgan fingerprint density at radius 3 is 1.59 bits per heavy atom. The van der Waals surface area contributed by atoms with Crippen LogP contribution in [-0.4, -0.2) is 20.2 Å². The average molecular weight is 334 g/mol. The number of thiazole rings is 2. The summed E-state index contributed by atoms with van der Waals surface area (Å²) >= 11 is 2.85. The first-order chi connectivity index (χ1) is 10.8. The van der Waals surface area contributed by atoms with Gasteiger partial charge in [0, 0.05) is 0 Å². The highest BCUT2D eigenvalue weighted by Crippen LogP contribution is 2.37. The standard InChI is InChI=1S/C14H10N2O4S2/c17-5-7-1-3-9(19-7)11-15-13-14(21-11)16-12(22-13)10-4-2-8(6-18)20-10/h1-4,17-18H,5-6H2. The van der Waals surface area contributed by atoms with Crippen LogP contribution in [0.4, 0.5) is 0 Å². The molecule has 22 heavy (non-hydrogen) atoms. The lowest BCUT2D eigenvalue weighted by Crippen LogP contribution is -1.75. The van der Waals surface area contributed by atoms with E-state index in [1.807, 2.05) is 0 Å². The molecular formula is C14H10N2O4S2. The van der Waals surface area contributed by atoms with Crippen LogP contribution in [0.3, 0.4) is 0 Å². The summed E-state index contributed by atoms with van der Waals surface area (Å²) in [5.74, 6) is 2.27. The molecule has 0 bridgehead atoms. The number of furan rings is 2. The highest BCUT2D eigenvalue weighted by Gasteiger charge is 2.16. The first-order valence-electron chi connectivity index (χ1n) is 6.44. The van der Waals surface area contributed by atoms with Crippen LogP contribution in [0.2, 0.25) is 0 Å². The number of hydrogen-bond donors (Lipinski definition) is 2. The van der Waals surface area contributed by atoms with Crippen LogP contribution >= 0.6 is 22.7 Å². The summed E-state index contributed by atoms with van der Waals surface area (Å²) in [6, 6.07) is 7.02. The van der Waals surface area contributed by atoms with Gasteiger partial charge in [-0.3, -0.25) is 0 Å². The van der Waals surface area contributed by atoms with Crippen molar-refractivity contribution in [1.29, 1.82) is 0 Å². The van der Waals surface area contributed by atoms with E-state index in [0.29, 0.717) is 23.0 Å². The van der Waals surface area contributed by atoms with E-state index < -0.39 is 0 Å². The molecule has 4 aromatic heterocycles. The predicted octanol–water partition coefficient (Wildman–Crippen LogP) is 3.26. The molecule has 8 heteroatoms. The van der Waals surface area contributed by atoms with Gasteiger partial charge in [-0.2, -0.15) is 0 Å². The van der Waals surface area contributed by atoms with Crippen molar-refractivity contribution in [3.8, 4) is 21.5 Å². The van der Waals surface area contributed by atoms with E-state index in [1.54, 1.807) is 24.3 Å². The third-order valence-corrected chi connectivity index (χ3v) is 5.09. The van der Waals surface area contributed by atoms with Gasteiger partial charge in [0.15, 0.2) is 31.2 Å². The number of aliphatic hydroxyl groups is 2. The number of hydrogen-bond acceptors (Lipinski definition) is 8. The van der Waals surface area contributed by atoms with Crippen molar-refractivity contribution in [1.82, 2.24) is 9.97 Å². The number of aliphatic hydroxyl groups excluding tert-OH is 2. The summed E-state index contributed by atoms with van der Waals surface area (Å²) in [4.78, 5) is 10.6. The number of nitrogens with zero attached hydrogens (tertiary/aromatic N) is 2. The molecule has 4 rings (SSSR count). The maximum absolute atomic E-state index is 9.03. The van der Waals surface area contributed by atoms with E-state index in [9.17, 15) is 0 Å². The fraction of sp³-hybridized carbons (Fsp3) is 0.143. The summed E-state index contributed by atoms with van der Waals surface area (Å²) in [6.07, 6.45) is 0. The molecule has 6 nitrogen and oxygen atoms in total. The molecule has 0 amide bonds. The summed E-state index contributed by atoms with van der Waals surface area (Å²) in [5.41, 5.74) is 0. The van der Waals surface area contributed by atoms with Gasteiger partial charge in [0.1, 0.15) is 24.7 Å². The lowest BCUT2D eigenvalue weighted by atomic mass is 10.4. The minimum atomic E-state index is -0.131. The minimum Gasteiger partial charge on any atom is -0.456 e. The molecular weight excluding hydrogens is 324 g/mol. The first-order valence-corrected chi connectivity index (χ1v) is 8.07. The Morgan fingerprint density at radius 1 is 0.773 bits per heavy atom. The van der Waals surface area contributed by atoms with Crippen LogP contribution in [0, 0.1) is 0 Å². The maximum atomic E-state index is 9.03. The van der Waals surface area contributed by atoms with Crippen LogP contribution in [0.15, 0.2) is 33.1 Å². The molecule has 0 saturated carbocycles.